The summed E-state index contributed by atoms with van der Waals surface area (Å²) in [6, 6.07) is 7.08. The second-order valence-corrected chi connectivity index (χ2v) is 8.27. The lowest BCUT2D eigenvalue weighted by atomic mass is 9.91. The Morgan fingerprint density at radius 1 is 1.20 bits per heavy atom. The van der Waals surface area contributed by atoms with Gasteiger partial charge in [0.05, 0.1) is 5.25 Å². The van der Waals surface area contributed by atoms with Gasteiger partial charge in [0.15, 0.2) is 15.6 Å². The van der Waals surface area contributed by atoms with Gasteiger partial charge in [-0.1, -0.05) is 49.6 Å². The van der Waals surface area contributed by atoms with Crippen molar-refractivity contribution in [2.24, 2.45) is 5.92 Å². The first-order valence-corrected chi connectivity index (χ1v) is 8.91. The first-order valence-electron chi connectivity index (χ1n) is 7.20. The number of aryl methyl sites for hydroxylation is 1. The van der Waals surface area contributed by atoms with Crippen LogP contribution in [0.2, 0.25) is 0 Å². The van der Waals surface area contributed by atoms with Gasteiger partial charge < -0.3 is 0 Å². The average molecular weight is 294 g/mol. The molecule has 0 aromatic heterocycles. The highest BCUT2D eigenvalue weighted by Crippen LogP contribution is 2.29. The van der Waals surface area contributed by atoms with Gasteiger partial charge in [-0.15, -0.1) is 0 Å². The van der Waals surface area contributed by atoms with E-state index in [1.54, 1.807) is 12.1 Å². The van der Waals surface area contributed by atoms with E-state index in [9.17, 15) is 13.2 Å². The zero-order valence-electron chi connectivity index (χ0n) is 12.1. The van der Waals surface area contributed by atoms with Crippen LogP contribution >= 0.6 is 0 Å². The van der Waals surface area contributed by atoms with Crippen molar-refractivity contribution in [3.8, 4) is 0 Å². The molecule has 0 heterocycles. The van der Waals surface area contributed by atoms with E-state index in [1.165, 1.54) is 0 Å². The Labute approximate surface area is 121 Å². The molecule has 0 bridgehead atoms. The van der Waals surface area contributed by atoms with Gasteiger partial charge in [0.25, 0.3) is 0 Å². The van der Waals surface area contributed by atoms with Gasteiger partial charge in [0, 0.05) is 5.56 Å². The fourth-order valence-electron chi connectivity index (χ4n) is 2.83. The summed E-state index contributed by atoms with van der Waals surface area (Å²) >= 11 is 0. The van der Waals surface area contributed by atoms with Crippen LogP contribution < -0.4 is 0 Å². The molecule has 4 heteroatoms. The van der Waals surface area contributed by atoms with Gasteiger partial charge >= 0.3 is 0 Å². The number of rotatable bonds is 4. The standard InChI is InChI=1S/C16H22O3S/c1-12-6-8-14(9-7-12)16(17)11-20(18,19)15-5-3-4-13(2)10-15/h6-9,13,15H,3-5,10-11H2,1-2H3. The van der Waals surface area contributed by atoms with E-state index in [0.29, 0.717) is 24.3 Å². The molecule has 0 aliphatic heterocycles. The summed E-state index contributed by atoms with van der Waals surface area (Å²) in [4.78, 5) is 12.1. The van der Waals surface area contributed by atoms with Crippen molar-refractivity contribution in [1.82, 2.24) is 0 Å². The number of ketones is 1. The third-order valence-corrected chi connectivity index (χ3v) is 6.21. The van der Waals surface area contributed by atoms with Gasteiger partial charge in [-0.25, -0.2) is 8.42 Å². The molecule has 2 unspecified atom stereocenters. The SMILES string of the molecule is Cc1ccc(C(=O)CS(=O)(=O)C2CCCC(C)C2)cc1. The summed E-state index contributed by atoms with van der Waals surface area (Å²) in [5.74, 6) is -0.200. The predicted octanol–water partition coefficient (Wildman–Crippen LogP) is 3.17. The van der Waals surface area contributed by atoms with E-state index < -0.39 is 9.84 Å². The van der Waals surface area contributed by atoms with Gasteiger partial charge in [-0.2, -0.15) is 0 Å². The van der Waals surface area contributed by atoms with Crippen LogP contribution in [0.5, 0.6) is 0 Å². The number of carbonyl (C=O) groups is 1. The Morgan fingerprint density at radius 3 is 2.45 bits per heavy atom. The van der Waals surface area contributed by atoms with E-state index in [2.05, 4.69) is 6.92 Å². The lowest BCUT2D eigenvalue weighted by Crippen LogP contribution is -2.32. The van der Waals surface area contributed by atoms with Crippen LogP contribution in [0.15, 0.2) is 24.3 Å². The van der Waals surface area contributed by atoms with Crippen molar-refractivity contribution in [3.63, 3.8) is 0 Å². The maximum atomic E-state index is 12.4. The zero-order chi connectivity index (χ0) is 14.8. The molecule has 0 spiro atoms. The van der Waals surface area contributed by atoms with Crippen LogP contribution in [0.3, 0.4) is 0 Å². The Hall–Kier alpha value is -1.16. The number of carbonyl (C=O) groups excluding carboxylic acids is 1. The Balaban J connectivity index is 2.07. The first-order chi connectivity index (χ1) is 9.38. The second-order valence-electron chi connectivity index (χ2n) is 5.99. The van der Waals surface area contributed by atoms with Crippen molar-refractivity contribution < 1.29 is 13.2 Å². The van der Waals surface area contributed by atoms with E-state index in [0.717, 1.165) is 18.4 Å². The van der Waals surface area contributed by atoms with Gasteiger partial charge in [0.1, 0.15) is 5.75 Å². The van der Waals surface area contributed by atoms with Gasteiger partial charge in [-0.3, -0.25) is 4.79 Å². The molecule has 1 saturated carbocycles. The van der Waals surface area contributed by atoms with Crippen molar-refractivity contribution in [2.45, 2.75) is 44.8 Å². The third kappa shape index (κ3) is 3.69. The van der Waals surface area contributed by atoms with Crippen LogP contribution in [-0.4, -0.2) is 25.2 Å². The summed E-state index contributed by atoms with van der Waals surface area (Å²) in [6.45, 7) is 4.03. The quantitative estimate of drug-likeness (QED) is 0.801. The Bertz CT molecular complexity index is 572. The molecule has 3 nitrogen and oxygen atoms in total. The maximum absolute atomic E-state index is 12.4. The lowest BCUT2D eigenvalue weighted by molar-refractivity contribution is 0.102. The summed E-state index contributed by atoms with van der Waals surface area (Å²) in [6.07, 6.45) is 3.44. The van der Waals surface area contributed by atoms with Crippen LogP contribution in [-0.2, 0) is 9.84 Å². The molecule has 20 heavy (non-hydrogen) atoms. The summed E-state index contributed by atoms with van der Waals surface area (Å²) in [5, 5.41) is -0.333. The van der Waals surface area contributed by atoms with Crippen molar-refractivity contribution >= 4 is 15.6 Å². The minimum Gasteiger partial charge on any atom is -0.293 e. The summed E-state index contributed by atoms with van der Waals surface area (Å²) < 4.78 is 24.7. The van der Waals surface area contributed by atoms with Crippen molar-refractivity contribution in [1.29, 1.82) is 0 Å². The highest BCUT2D eigenvalue weighted by atomic mass is 32.2. The van der Waals surface area contributed by atoms with Crippen LogP contribution in [0.1, 0.15) is 48.5 Å². The molecule has 0 N–H and O–H groups in total. The third-order valence-electron chi connectivity index (χ3n) is 4.10. The predicted molar refractivity (Wildman–Crippen MR) is 80.7 cm³/mol. The lowest BCUT2D eigenvalue weighted by Gasteiger charge is -2.26. The Morgan fingerprint density at radius 2 is 1.85 bits per heavy atom. The molecule has 0 radical (unpaired) electrons. The van der Waals surface area contributed by atoms with E-state index in [-0.39, 0.29) is 16.8 Å². The first kappa shape index (κ1) is 15.2. The molecular weight excluding hydrogens is 272 g/mol. The minimum absolute atomic E-state index is 0.289. The molecule has 2 atom stereocenters. The van der Waals surface area contributed by atoms with E-state index in [1.807, 2.05) is 19.1 Å². The van der Waals surface area contributed by atoms with Crippen LogP contribution in [0, 0.1) is 12.8 Å². The average Bonchev–Trinajstić information content (AvgIpc) is 2.39. The van der Waals surface area contributed by atoms with E-state index in [4.69, 9.17) is 0 Å². The van der Waals surface area contributed by atoms with E-state index >= 15 is 0 Å². The normalized spacial score (nSPS) is 23.5. The molecule has 1 aromatic carbocycles. The maximum Gasteiger partial charge on any atom is 0.177 e. The molecule has 0 amide bonds. The molecule has 1 aromatic rings. The molecular formula is C16H22O3S. The summed E-state index contributed by atoms with van der Waals surface area (Å²) in [5.41, 5.74) is 1.55. The Kier molecular flexibility index (Phi) is 4.63. The molecule has 1 aliphatic rings. The molecule has 1 aliphatic carbocycles. The van der Waals surface area contributed by atoms with Crippen LogP contribution in [0.25, 0.3) is 0 Å². The van der Waals surface area contributed by atoms with Gasteiger partial charge in [0.2, 0.25) is 0 Å². The fourth-order valence-corrected chi connectivity index (χ4v) is 4.74. The second kappa shape index (κ2) is 6.08. The van der Waals surface area contributed by atoms with Gasteiger partial charge in [-0.05, 0) is 25.7 Å². The topological polar surface area (TPSA) is 51.2 Å². The number of sulfone groups is 1. The number of Topliss-reactive ketones (excluding diaryl/α,β-unsaturated/α-hetero) is 1. The smallest absolute Gasteiger partial charge is 0.177 e. The minimum atomic E-state index is -3.32. The highest BCUT2D eigenvalue weighted by molar-refractivity contribution is 7.92. The highest BCUT2D eigenvalue weighted by Gasteiger charge is 2.31. The molecule has 110 valence electrons. The zero-order valence-corrected chi connectivity index (χ0v) is 12.9. The fraction of sp³-hybridized carbons (Fsp3) is 0.562. The van der Waals surface area contributed by atoms with Crippen molar-refractivity contribution in [3.05, 3.63) is 35.4 Å². The molecule has 2 rings (SSSR count). The summed E-state index contributed by atoms with van der Waals surface area (Å²) in [7, 11) is -3.32. The number of hydrogen-bond acceptors (Lipinski definition) is 3. The molecule has 1 fully saturated rings. The van der Waals surface area contributed by atoms with Crippen LogP contribution in [0.4, 0.5) is 0 Å². The molecule has 0 saturated heterocycles. The number of benzene rings is 1. The largest absolute Gasteiger partial charge is 0.293 e. The number of hydrogen-bond donors (Lipinski definition) is 0. The van der Waals surface area contributed by atoms with Crippen molar-refractivity contribution in [2.75, 3.05) is 5.75 Å². The monoisotopic (exact) mass is 294 g/mol.